The highest BCUT2D eigenvalue weighted by molar-refractivity contribution is 7.99. The Bertz CT molecular complexity index is 312. The number of furan rings is 1. The Labute approximate surface area is 109 Å². The van der Waals surface area contributed by atoms with E-state index in [1.165, 1.54) is 25.0 Å². The Morgan fingerprint density at radius 1 is 1.47 bits per heavy atom. The molecular weight excluding hydrogens is 230 g/mol. The van der Waals surface area contributed by atoms with Crippen LogP contribution in [0.5, 0.6) is 0 Å². The van der Waals surface area contributed by atoms with Gasteiger partial charge in [-0.1, -0.05) is 13.8 Å². The molecule has 1 aliphatic rings. The molecule has 0 aliphatic heterocycles. The third-order valence-electron chi connectivity index (χ3n) is 3.52. The molecule has 1 saturated carbocycles. The maximum Gasteiger partial charge on any atom is 0.120 e. The summed E-state index contributed by atoms with van der Waals surface area (Å²) in [6, 6.07) is 5.12. The van der Waals surface area contributed by atoms with Crippen molar-refractivity contribution in [3.8, 4) is 0 Å². The molecule has 0 amide bonds. The molecule has 3 atom stereocenters. The van der Waals surface area contributed by atoms with Gasteiger partial charge in [0.2, 0.25) is 0 Å². The van der Waals surface area contributed by atoms with Gasteiger partial charge >= 0.3 is 0 Å². The Morgan fingerprint density at radius 3 is 3.00 bits per heavy atom. The molecule has 1 aromatic heterocycles. The lowest BCUT2D eigenvalue weighted by Crippen LogP contribution is -2.30. The first kappa shape index (κ1) is 13.0. The first-order valence-electron chi connectivity index (χ1n) is 6.74. The lowest BCUT2D eigenvalue weighted by Gasteiger charge is -2.20. The van der Waals surface area contributed by atoms with Crippen LogP contribution in [-0.2, 0) is 0 Å². The molecule has 1 fully saturated rings. The van der Waals surface area contributed by atoms with Crippen LogP contribution in [0.25, 0.3) is 0 Å². The van der Waals surface area contributed by atoms with Crippen LogP contribution in [0.1, 0.15) is 51.3 Å². The van der Waals surface area contributed by atoms with Gasteiger partial charge in [-0.05, 0) is 43.6 Å². The summed E-state index contributed by atoms with van der Waals surface area (Å²) in [5.41, 5.74) is 0. The Balaban J connectivity index is 1.84. The average Bonchev–Trinajstić information content (AvgIpc) is 2.97. The molecule has 0 aromatic carbocycles. The summed E-state index contributed by atoms with van der Waals surface area (Å²) in [6.45, 7) is 4.47. The van der Waals surface area contributed by atoms with Crippen LogP contribution < -0.4 is 5.32 Å². The van der Waals surface area contributed by atoms with Crippen LogP contribution in [0.3, 0.4) is 0 Å². The summed E-state index contributed by atoms with van der Waals surface area (Å²) in [7, 11) is 0. The SMILES string of the molecule is CCSC1CCC(NC(CC)c2ccco2)C1. The van der Waals surface area contributed by atoms with Crippen LogP contribution in [0, 0.1) is 0 Å². The summed E-state index contributed by atoms with van der Waals surface area (Å²) in [4.78, 5) is 0. The quantitative estimate of drug-likeness (QED) is 0.829. The van der Waals surface area contributed by atoms with Crippen molar-refractivity contribution in [2.75, 3.05) is 5.75 Å². The van der Waals surface area contributed by atoms with Crippen molar-refractivity contribution in [1.82, 2.24) is 5.32 Å². The van der Waals surface area contributed by atoms with Crippen LogP contribution in [0.4, 0.5) is 0 Å². The minimum Gasteiger partial charge on any atom is -0.468 e. The van der Waals surface area contributed by atoms with E-state index in [1.807, 2.05) is 6.07 Å². The van der Waals surface area contributed by atoms with Gasteiger partial charge in [0.1, 0.15) is 5.76 Å². The fourth-order valence-corrected chi connectivity index (χ4v) is 3.80. The van der Waals surface area contributed by atoms with E-state index in [-0.39, 0.29) is 0 Å². The summed E-state index contributed by atoms with van der Waals surface area (Å²) >= 11 is 2.11. The molecule has 3 heteroatoms. The number of rotatable bonds is 6. The fourth-order valence-electron chi connectivity index (χ4n) is 2.65. The van der Waals surface area contributed by atoms with Gasteiger partial charge in [-0.2, -0.15) is 11.8 Å². The second-order valence-electron chi connectivity index (χ2n) is 4.73. The van der Waals surface area contributed by atoms with Crippen LogP contribution >= 0.6 is 11.8 Å². The summed E-state index contributed by atoms with van der Waals surface area (Å²) in [6.07, 6.45) is 6.86. The van der Waals surface area contributed by atoms with E-state index in [1.54, 1.807) is 6.26 Å². The van der Waals surface area contributed by atoms with E-state index < -0.39 is 0 Å². The molecule has 1 aromatic rings. The second kappa shape index (κ2) is 6.50. The molecule has 1 heterocycles. The zero-order chi connectivity index (χ0) is 12.1. The van der Waals surface area contributed by atoms with E-state index >= 15 is 0 Å². The van der Waals surface area contributed by atoms with Gasteiger partial charge in [-0.15, -0.1) is 0 Å². The van der Waals surface area contributed by atoms with Crippen molar-refractivity contribution >= 4 is 11.8 Å². The Morgan fingerprint density at radius 2 is 2.35 bits per heavy atom. The molecule has 2 nitrogen and oxygen atoms in total. The Hall–Kier alpha value is -0.410. The van der Waals surface area contributed by atoms with Crippen LogP contribution in [0.15, 0.2) is 22.8 Å². The van der Waals surface area contributed by atoms with E-state index in [0.717, 1.165) is 17.4 Å². The fraction of sp³-hybridized carbons (Fsp3) is 0.714. The molecule has 1 N–H and O–H groups in total. The van der Waals surface area contributed by atoms with Crippen molar-refractivity contribution in [3.63, 3.8) is 0 Å². The largest absolute Gasteiger partial charge is 0.468 e. The lowest BCUT2D eigenvalue weighted by atomic mass is 10.1. The van der Waals surface area contributed by atoms with E-state index in [4.69, 9.17) is 4.42 Å². The standard InChI is InChI=1S/C14H23NOS/c1-3-13(14-6-5-9-16-14)15-11-7-8-12(10-11)17-4-2/h5-6,9,11-13,15H,3-4,7-8,10H2,1-2H3. The molecule has 0 radical (unpaired) electrons. The third kappa shape index (κ3) is 3.52. The predicted octanol–water partition coefficient (Wildman–Crippen LogP) is 3.99. The highest BCUT2D eigenvalue weighted by Gasteiger charge is 2.26. The summed E-state index contributed by atoms with van der Waals surface area (Å²) in [5.74, 6) is 2.33. The van der Waals surface area contributed by atoms with Gasteiger partial charge < -0.3 is 9.73 Å². The predicted molar refractivity (Wildman–Crippen MR) is 74.4 cm³/mol. The Kier molecular flexibility index (Phi) is 4.99. The van der Waals surface area contributed by atoms with Crippen LogP contribution in [0.2, 0.25) is 0 Å². The molecule has 0 bridgehead atoms. The van der Waals surface area contributed by atoms with Gasteiger partial charge in [-0.3, -0.25) is 0 Å². The monoisotopic (exact) mass is 253 g/mol. The van der Waals surface area contributed by atoms with Crippen molar-refractivity contribution in [3.05, 3.63) is 24.2 Å². The van der Waals surface area contributed by atoms with Crippen molar-refractivity contribution < 1.29 is 4.42 Å². The molecular formula is C14H23NOS. The highest BCUT2D eigenvalue weighted by Crippen LogP contribution is 2.31. The van der Waals surface area contributed by atoms with Crippen LogP contribution in [-0.4, -0.2) is 17.0 Å². The van der Waals surface area contributed by atoms with Crippen molar-refractivity contribution in [1.29, 1.82) is 0 Å². The zero-order valence-electron chi connectivity index (χ0n) is 10.8. The van der Waals surface area contributed by atoms with Gasteiger partial charge in [0, 0.05) is 11.3 Å². The molecule has 96 valence electrons. The third-order valence-corrected chi connectivity index (χ3v) is 4.75. The smallest absolute Gasteiger partial charge is 0.120 e. The maximum absolute atomic E-state index is 5.50. The number of nitrogens with one attached hydrogen (secondary N) is 1. The molecule has 3 unspecified atom stereocenters. The number of hydrogen-bond acceptors (Lipinski definition) is 3. The molecule has 0 saturated heterocycles. The molecule has 17 heavy (non-hydrogen) atoms. The van der Waals surface area contributed by atoms with E-state index in [2.05, 4.69) is 37.0 Å². The van der Waals surface area contributed by atoms with Crippen molar-refractivity contribution in [2.45, 2.75) is 56.9 Å². The topological polar surface area (TPSA) is 25.2 Å². The average molecular weight is 253 g/mol. The van der Waals surface area contributed by atoms with Gasteiger partial charge in [0.05, 0.1) is 12.3 Å². The summed E-state index contributed by atoms with van der Waals surface area (Å²) in [5, 5.41) is 4.62. The molecule has 1 aliphatic carbocycles. The minimum absolute atomic E-state index is 0.389. The first-order chi connectivity index (χ1) is 8.33. The number of hydrogen-bond donors (Lipinski definition) is 1. The van der Waals surface area contributed by atoms with Gasteiger partial charge in [0.25, 0.3) is 0 Å². The zero-order valence-corrected chi connectivity index (χ0v) is 11.6. The molecule has 0 spiro atoms. The first-order valence-corrected chi connectivity index (χ1v) is 7.79. The molecule has 2 rings (SSSR count). The second-order valence-corrected chi connectivity index (χ2v) is 6.31. The van der Waals surface area contributed by atoms with Gasteiger partial charge in [-0.25, -0.2) is 0 Å². The maximum atomic E-state index is 5.50. The van der Waals surface area contributed by atoms with Gasteiger partial charge in [0.15, 0.2) is 0 Å². The number of thioether (sulfide) groups is 1. The van der Waals surface area contributed by atoms with E-state index in [9.17, 15) is 0 Å². The normalized spacial score (nSPS) is 26.2. The van der Waals surface area contributed by atoms with E-state index in [0.29, 0.717) is 12.1 Å². The van der Waals surface area contributed by atoms with Crippen molar-refractivity contribution in [2.24, 2.45) is 0 Å². The minimum atomic E-state index is 0.389. The highest BCUT2D eigenvalue weighted by atomic mass is 32.2. The lowest BCUT2D eigenvalue weighted by molar-refractivity contribution is 0.365. The summed E-state index contributed by atoms with van der Waals surface area (Å²) < 4.78 is 5.50.